The highest BCUT2D eigenvalue weighted by atomic mass is 16.5. The molecule has 9 nitrogen and oxygen atoms in total. The third-order valence-corrected chi connectivity index (χ3v) is 3.63. The fourth-order valence-corrected chi connectivity index (χ4v) is 2.58. The van der Waals surface area contributed by atoms with Crippen molar-refractivity contribution in [1.29, 1.82) is 0 Å². The van der Waals surface area contributed by atoms with Crippen LogP contribution in [0.4, 0.5) is 5.69 Å². The van der Waals surface area contributed by atoms with Crippen LogP contribution in [0.1, 0.15) is 36.7 Å². The van der Waals surface area contributed by atoms with Crippen molar-refractivity contribution in [2.24, 2.45) is 5.92 Å². The SMILES string of the molecule is CCOC(=O)[C@H]1CCC[C@H]1NC(=O)c1[nH]c(=O)[nH]c(=O)c1N. The number of ether oxygens (including phenoxy) is 1. The zero-order valence-electron chi connectivity index (χ0n) is 12.1. The number of nitrogens with two attached hydrogens (primary N) is 1. The molecule has 1 aliphatic rings. The fraction of sp³-hybridized carbons (Fsp3) is 0.538. The number of nitrogen functional groups attached to an aromatic ring is 1. The lowest BCUT2D eigenvalue weighted by Crippen LogP contribution is -2.42. The maximum Gasteiger partial charge on any atom is 0.326 e. The molecular formula is C13H18N4O5. The molecule has 1 aromatic rings. The van der Waals surface area contributed by atoms with Gasteiger partial charge in [0.05, 0.1) is 12.5 Å². The molecule has 0 aliphatic heterocycles. The predicted octanol–water partition coefficient (Wildman–Crippen LogP) is -0.893. The van der Waals surface area contributed by atoms with E-state index < -0.39 is 29.1 Å². The Morgan fingerprint density at radius 2 is 2.05 bits per heavy atom. The summed E-state index contributed by atoms with van der Waals surface area (Å²) < 4.78 is 4.98. The molecule has 0 saturated heterocycles. The molecule has 1 fully saturated rings. The van der Waals surface area contributed by atoms with E-state index in [1.54, 1.807) is 6.92 Å². The van der Waals surface area contributed by atoms with Crippen LogP contribution in [0.2, 0.25) is 0 Å². The van der Waals surface area contributed by atoms with Gasteiger partial charge in [-0.15, -0.1) is 0 Å². The lowest BCUT2D eigenvalue weighted by molar-refractivity contribution is -0.148. The van der Waals surface area contributed by atoms with Crippen LogP contribution in [-0.2, 0) is 9.53 Å². The number of rotatable bonds is 4. The normalized spacial score (nSPS) is 20.6. The van der Waals surface area contributed by atoms with Gasteiger partial charge in [-0.25, -0.2) is 4.79 Å². The number of H-pyrrole nitrogens is 2. The lowest BCUT2D eigenvalue weighted by Gasteiger charge is -2.19. The van der Waals surface area contributed by atoms with Gasteiger partial charge < -0.3 is 20.8 Å². The van der Waals surface area contributed by atoms with Gasteiger partial charge in [0.2, 0.25) is 0 Å². The minimum Gasteiger partial charge on any atom is -0.466 e. The van der Waals surface area contributed by atoms with Crippen molar-refractivity contribution in [2.45, 2.75) is 32.2 Å². The summed E-state index contributed by atoms with van der Waals surface area (Å²) in [7, 11) is 0. The lowest BCUT2D eigenvalue weighted by atomic mass is 10.0. The van der Waals surface area contributed by atoms with Crippen molar-refractivity contribution >= 4 is 17.6 Å². The van der Waals surface area contributed by atoms with Crippen molar-refractivity contribution in [2.75, 3.05) is 12.3 Å². The van der Waals surface area contributed by atoms with E-state index in [-0.39, 0.29) is 24.0 Å². The van der Waals surface area contributed by atoms with Crippen LogP contribution in [-0.4, -0.2) is 34.5 Å². The summed E-state index contributed by atoms with van der Waals surface area (Å²) in [6.07, 6.45) is 2.00. The predicted molar refractivity (Wildman–Crippen MR) is 77.3 cm³/mol. The summed E-state index contributed by atoms with van der Waals surface area (Å²) >= 11 is 0. The maximum atomic E-state index is 12.2. The summed E-state index contributed by atoms with van der Waals surface area (Å²) in [4.78, 5) is 50.8. The van der Waals surface area contributed by atoms with E-state index in [0.29, 0.717) is 12.8 Å². The number of carbonyl (C=O) groups excluding carboxylic acids is 2. The van der Waals surface area contributed by atoms with E-state index >= 15 is 0 Å². The molecule has 1 saturated carbocycles. The maximum absolute atomic E-state index is 12.2. The molecule has 2 atom stereocenters. The number of esters is 1. The first-order valence-corrected chi connectivity index (χ1v) is 7.03. The number of nitrogens with one attached hydrogen (secondary N) is 3. The average molecular weight is 310 g/mol. The Balaban J connectivity index is 2.17. The third kappa shape index (κ3) is 3.18. The number of hydrogen-bond donors (Lipinski definition) is 4. The van der Waals surface area contributed by atoms with E-state index in [0.717, 1.165) is 6.42 Å². The molecule has 9 heteroatoms. The summed E-state index contributed by atoms with van der Waals surface area (Å²) in [6, 6.07) is -0.409. The van der Waals surface area contributed by atoms with Gasteiger partial charge in [-0.2, -0.15) is 0 Å². The number of amides is 1. The molecule has 2 rings (SSSR count). The Morgan fingerprint density at radius 3 is 2.73 bits per heavy atom. The number of aromatic nitrogens is 2. The quantitative estimate of drug-likeness (QED) is 0.530. The topological polar surface area (TPSA) is 147 Å². The van der Waals surface area contributed by atoms with Gasteiger partial charge in [0, 0.05) is 6.04 Å². The molecule has 0 unspecified atom stereocenters. The number of anilines is 1. The molecule has 5 N–H and O–H groups in total. The summed E-state index contributed by atoms with van der Waals surface area (Å²) in [6.45, 7) is 1.98. The average Bonchev–Trinajstić information content (AvgIpc) is 2.91. The molecule has 1 heterocycles. The highest BCUT2D eigenvalue weighted by molar-refractivity contribution is 5.97. The second kappa shape index (κ2) is 6.46. The van der Waals surface area contributed by atoms with Gasteiger partial charge in [0.1, 0.15) is 11.4 Å². The Hall–Kier alpha value is -2.58. The van der Waals surface area contributed by atoms with Crippen molar-refractivity contribution < 1.29 is 14.3 Å². The number of carbonyl (C=O) groups is 2. The van der Waals surface area contributed by atoms with Gasteiger partial charge in [-0.05, 0) is 19.8 Å². The zero-order valence-corrected chi connectivity index (χ0v) is 12.1. The summed E-state index contributed by atoms with van der Waals surface area (Å²) in [5.74, 6) is -1.49. The van der Waals surface area contributed by atoms with E-state index in [2.05, 4.69) is 10.3 Å². The van der Waals surface area contributed by atoms with Crippen molar-refractivity contribution in [3.05, 3.63) is 26.5 Å². The van der Waals surface area contributed by atoms with Crippen LogP contribution in [0, 0.1) is 5.92 Å². The third-order valence-electron chi connectivity index (χ3n) is 3.63. The Bertz CT molecular complexity index is 692. The number of aromatic amines is 2. The van der Waals surface area contributed by atoms with E-state index in [1.807, 2.05) is 4.98 Å². The van der Waals surface area contributed by atoms with Gasteiger partial charge >= 0.3 is 11.7 Å². The molecule has 1 aromatic heterocycles. The molecular weight excluding hydrogens is 292 g/mol. The standard InChI is InChI=1S/C13H18N4O5/c1-2-22-12(20)6-4-3-5-7(6)15-11(19)9-8(14)10(18)17-13(21)16-9/h6-7H,2-5,14H2,1H3,(H,15,19)(H2,16,17,18,21)/t6-,7+/m0/s1. The molecule has 22 heavy (non-hydrogen) atoms. The van der Waals surface area contributed by atoms with Crippen LogP contribution in [0.5, 0.6) is 0 Å². The second-order valence-corrected chi connectivity index (χ2v) is 5.07. The molecule has 0 bridgehead atoms. The highest BCUT2D eigenvalue weighted by Gasteiger charge is 2.35. The smallest absolute Gasteiger partial charge is 0.326 e. The molecule has 0 spiro atoms. The Morgan fingerprint density at radius 1 is 1.32 bits per heavy atom. The van der Waals surface area contributed by atoms with Gasteiger partial charge in [-0.1, -0.05) is 6.42 Å². The van der Waals surface area contributed by atoms with Crippen molar-refractivity contribution in [3.63, 3.8) is 0 Å². The molecule has 1 aliphatic carbocycles. The van der Waals surface area contributed by atoms with E-state index in [9.17, 15) is 19.2 Å². The molecule has 1 amide bonds. The number of hydrogen-bond acceptors (Lipinski definition) is 6. The van der Waals surface area contributed by atoms with E-state index in [1.165, 1.54) is 0 Å². The summed E-state index contributed by atoms with van der Waals surface area (Å²) in [5, 5.41) is 2.64. The first-order valence-electron chi connectivity index (χ1n) is 7.03. The van der Waals surface area contributed by atoms with Crippen LogP contribution < -0.4 is 22.3 Å². The van der Waals surface area contributed by atoms with Gasteiger partial charge in [0.15, 0.2) is 0 Å². The molecule has 0 aromatic carbocycles. The van der Waals surface area contributed by atoms with Crippen LogP contribution in [0.15, 0.2) is 9.59 Å². The van der Waals surface area contributed by atoms with Crippen molar-refractivity contribution in [3.8, 4) is 0 Å². The highest BCUT2D eigenvalue weighted by Crippen LogP contribution is 2.27. The van der Waals surface area contributed by atoms with E-state index in [4.69, 9.17) is 10.5 Å². The first kappa shape index (κ1) is 15.8. The van der Waals surface area contributed by atoms with Crippen molar-refractivity contribution in [1.82, 2.24) is 15.3 Å². The molecule has 0 radical (unpaired) electrons. The zero-order chi connectivity index (χ0) is 16.3. The van der Waals surface area contributed by atoms with Crippen LogP contribution >= 0.6 is 0 Å². The monoisotopic (exact) mass is 310 g/mol. The molecule has 120 valence electrons. The summed E-state index contributed by atoms with van der Waals surface area (Å²) in [5.41, 5.74) is 3.17. The first-order chi connectivity index (χ1) is 10.4. The minimum atomic E-state index is -0.831. The Kier molecular flexibility index (Phi) is 4.64. The largest absolute Gasteiger partial charge is 0.466 e. The minimum absolute atomic E-state index is 0.268. The fourth-order valence-electron chi connectivity index (χ4n) is 2.58. The van der Waals surface area contributed by atoms with Crippen LogP contribution in [0.3, 0.4) is 0 Å². The second-order valence-electron chi connectivity index (χ2n) is 5.07. The van der Waals surface area contributed by atoms with Gasteiger partial charge in [0.25, 0.3) is 11.5 Å². The van der Waals surface area contributed by atoms with Gasteiger partial charge in [-0.3, -0.25) is 19.4 Å². The van der Waals surface area contributed by atoms with Crippen LogP contribution in [0.25, 0.3) is 0 Å². The Labute approximate surface area is 125 Å².